The average Bonchev–Trinajstić information content (AvgIpc) is 2.57. The smallest absolute Gasteiger partial charge is 0.422 e. The number of amides is 1. The minimum Gasteiger partial charge on any atom is -0.482 e. The van der Waals surface area contributed by atoms with E-state index in [1.165, 1.54) is 18.3 Å². The average molecular weight is 418 g/mol. The zero-order valence-electron chi connectivity index (χ0n) is 14.4. The molecule has 0 bridgehead atoms. The van der Waals surface area contributed by atoms with Gasteiger partial charge in [0, 0.05) is 19.3 Å². The molecule has 26 heavy (non-hydrogen) atoms. The summed E-state index contributed by atoms with van der Waals surface area (Å²) in [6.07, 6.45) is -0.241. The van der Waals surface area contributed by atoms with Crippen LogP contribution >= 0.6 is 24.8 Å². The summed E-state index contributed by atoms with van der Waals surface area (Å²) in [4.78, 5) is 18.1. The molecule has 0 saturated carbocycles. The second-order valence-electron chi connectivity index (χ2n) is 5.88. The van der Waals surface area contributed by atoms with Crippen LogP contribution in [0.3, 0.4) is 0 Å². The highest BCUT2D eigenvalue weighted by molar-refractivity contribution is 5.95. The first-order valence-electron chi connectivity index (χ1n) is 7.99. The van der Waals surface area contributed by atoms with E-state index in [0.29, 0.717) is 19.0 Å². The molecule has 2 rings (SSSR count). The van der Waals surface area contributed by atoms with Gasteiger partial charge in [0.15, 0.2) is 18.1 Å². The Hall–Kier alpha value is -1.25. The number of carbonyl (C=O) groups is 1. The number of likely N-dealkylation sites (tertiary alicyclic amines) is 1. The predicted octanol–water partition coefficient (Wildman–Crippen LogP) is 3.33. The molecule has 0 aliphatic carbocycles. The molecule has 1 aliphatic rings. The molecule has 5 nitrogen and oxygen atoms in total. The van der Waals surface area contributed by atoms with Gasteiger partial charge in [0.05, 0.1) is 0 Å². The van der Waals surface area contributed by atoms with Gasteiger partial charge in [0.1, 0.15) is 0 Å². The largest absolute Gasteiger partial charge is 0.482 e. The number of carbonyl (C=O) groups excluding carboxylic acids is 1. The van der Waals surface area contributed by atoms with Gasteiger partial charge in [-0.3, -0.25) is 4.79 Å². The van der Waals surface area contributed by atoms with Gasteiger partial charge >= 0.3 is 6.18 Å². The van der Waals surface area contributed by atoms with Crippen molar-refractivity contribution >= 4 is 30.7 Å². The van der Waals surface area contributed by atoms with Gasteiger partial charge < -0.3 is 15.0 Å². The van der Waals surface area contributed by atoms with Crippen molar-refractivity contribution in [3.63, 3.8) is 0 Å². The van der Waals surface area contributed by atoms with Crippen molar-refractivity contribution < 1.29 is 22.7 Å². The summed E-state index contributed by atoms with van der Waals surface area (Å²) in [7, 11) is 1.90. The molecule has 0 atom stereocenters. The Morgan fingerprint density at radius 1 is 1.35 bits per heavy atom. The van der Waals surface area contributed by atoms with Crippen LogP contribution in [0.1, 0.15) is 29.8 Å². The van der Waals surface area contributed by atoms with E-state index in [1.54, 1.807) is 4.90 Å². The number of aromatic nitrogens is 1. The van der Waals surface area contributed by atoms with E-state index in [9.17, 15) is 18.0 Å². The van der Waals surface area contributed by atoms with E-state index in [4.69, 9.17) is 4.74 Å². The molecule has 150 valence electrons. The van der Waals surface area contributed by atoms with Crippen molar-refractivity contribution in [2.75, 3.05) is 33.3 Å². The zero-order chi connectivity index (χ0) is 17.6. The molecular weight excluding hydrogens is 394 g/mol. The first-order chi connectivity index (χ1) is 11.4. The number of pyridine rings is 1. The summed E-state index contributed by atoms with van der Waals surface area (Å²) >= 11 is 0. The fourth-order valence-corrected chi connectivity index (χ4v) is 2.75. The Balaban J connectivity index is 0.00000312. The molecule has 0 radical (unpaired) electrons. The lowest BCUT2D eigenvalue weighted by Crippen LogP contribution is -2.39. The van der Waals surface area contributed by atoms with Crippen LogP contribution in [0.25, 0.3) is 0 Å². The number of hydrogen-bond acceptors (Lipinski definition) is 4. The predicted molar refractivity (Wildman–Crippen MR) is 97.5 cm³/mol. The molecular formula is C16H24Cl2F3N3O2. The second kappa shape index (κ2) is 11.5. The Morgan fingerprint density at radius 3 is 2.58 bits per heavy atom. The molecule has 2 heterocycles. The maximum Gasteiger partial charge on any atom is 0.422 e. The summed E-state index contributed by atoms with van der Waals surface area (Å²) in [6.45, 7) is 0.671. The van der Waals surface area contributed by atoms with Crippen LogP contribution in [0.5, 0.6) is 5.75 Å². The van der Waals surface area contributed by atoms with Crippen molar-refractivity contribution in [1.82, 2.24) is 15.2 Å². The summed E-state index contributed by atoms with van der Waals surface area (Å²) in [5, 5.41) is 3.11. The second-order valence-corrected chi connectivity index (χ2v) is 5.88. The molecule has 1 aliphatic heterocycles. The fourth-order valence-electron chi connectivity index (χ4n) is 2.75. The van der Waals surface area contributed by atoms with Crippen LogP contribution in [0.15, 0.2) is 18.3 Å². The maximum absolute atomic E-state index is 12.6. The molecule has 0 spiro atoms. The number of halogens is 5. The van der Waals surface area contributed by atoms with Crippen molar-refractivity contribution in [3.05, 3.63) is 24.0 Å². The Kier molecular flexibility index (Phi) is 10.9. The topological polar surface area (TPSA) is 54.5 Å². The number of alkyl halides is 3. The van der Waals surface area contributed by atoms with Crippen LogP contribution in [-0.4, -0.2) is 55.3 Å². The Labute approximate surface area is 163 Å². The lowest BCUT2D eigenvalue weighted by molar-refractivity contribution is -0.153. The molecule has 0 unspecified atom stereocenters. The Bertz CT molecular complexity index is 554. The monoisotopic (exact) mass is 417 g/mol. The fraction of sp³-hybridized carbons (Fsp3) is 0.625. The molecule has 1 aromatic heterocycles. The van der Waals surface area contributed by atoms with E-state index in [-0.39, 0.29) is 42.2 Å². The van der Waals surface area contributed by atoms with Gasteiger partial charge in [-0.1, -0.05) is 0 Å². The summed E-state index contributed by atoms with van der Waals surface area (Å²) in [5.74, 6) is 0.0585. The van der Waals surface area contributed by atoms with E-state index in [1.807, 2.05) is 7.05 Å². The van der Waals surface area contributed by atoms with Crippen molar-refractivity contribution in [1.29, 1.82) is 0 Å². The lowest BCUT2D eigenvalue weighted by Gasteiger charge is -2.32. The van der Waals surface area contributed by atoms with Crippen molar-refractivity contribution in [2.45, 2.75) is 25.4 Å². The number of rotatable bonds is 6. The first-order valence-corrected chi connectivity index (χ1v) is 7.99. The standard InChI is InChI=1S/C16H22F3N3O2.2ClH/c1-20-8-4-12-5-9-22(10-6-12)15(23)14-13(3-2-7-21-14)24-11-16(17,18)19;;/h2-3,7,12,20H,4-6,8-11H2,1H3;2*1H. The van der Waals surface area contributed by atoms with Crippen LogP contribution < -0.4 is 10.1 Å². The van der Waals surface area contributed by atoms with Gasteiger partial charge in [0.2, 0.25) is 0 Å². The third-order valence-electron chi connectivity index (χ3n) is 4.07. The number of piperidine rings is 1. The molecule has 1 fully saturated rings. The Morgan fingerprint density at radius 2 is 2.00 bits per heavy atom. The van der Waals surface area contributed by atoms with Crippen LogP contribution in [-0.2, 0) is 0 Å². The van der Waals surface area contributed by atoms with Crippen molar-refractivity contribution in [3.8, 4) is 5.75 Å². The maximum atomic E-state index is 12.6. The van der Waals surface area contributed by atoms with E-state index in [0.717, 1.165) is 25.8 Å². The van der Waals surface area contributed by atoms with Crippen LogP contribution in [0, 0.1) is 5.92 Å². The number of ether oxygens (including phenoxy) is 1. The van der Waals surface area contributed by atoms with E-state index in [2.05, 4.69) is 10.3 Å². The zero-order valence-corrected chi connectivity index (χ0v) is 16.1. The normalized spacial score (nSPS) is 15.0. The van der Waals surface area contributed by atoms with E-state index < -0.39 is 12.8 Å². The number of hydrogen-bond donors (Lipinski definition) is 1. The highest BCUT2D eigenvalue weighted by Gasteiger charge is 2.31. The highest BCUT2D eigenvalue weighted by atomic mass is 35.5. The minimum absolute atomic E-state index is 0. The lowest BCUT2D eigenvalue weighted by atomic mass is 9.93. The summed E-state index contributed by atoms with van der Waals surface area (Å²) < 4.78 is 41.7. The molecule has 10 heteroatoms. The SMILES string of the molecule is CNCCC1CCN(C(=O)c2ncccc2OCC(F)(F)F)CC1.Cl.Cl. The van der Waals surface area contributed by atoms with Gasteiger partial charge in [-0.05, 0) is 50.9 Å². The van der Waals surface area contributed by atoms with Gasteiger partial charge in [-0.25, -0.2) is 4.98 Å². The molecule has 0 aromatic carbocycles. The number of nitrogens with zero attached hydrogens (tertiary/aromatic N) is 2. The van der Waals surface area contributed by atoms with Crippen LogP contribution in [0.2, 0.25) is 0 Å². The minimum atomic E-state index is -4.46. The number of nitrogens with one attached hydrogen (secondary N) is 1. The molecule has 1 saturated heterocycles. The quantitative estimate of drug-likeness (QED) is 0.770. The molecule has 1 amide bonds. The third kappa shape index (κ3) is 7.55. The molecule has 1 N–H and O–H groups in total. The molecule has 1 aromatic rings. The highest BCUT2D eigenvalue weighted by Crippen LogP contribution is 2.25. The van der Waals surface area contributed by atoms with Gasteiger partial charge in [0.25, 0.3) is 5.91 Å². The van der Waals surface area contributed by atoms with Crippen LogP contribution in [0.4, 0.5) is 13.2 Å². The van der Waals surface area contributed by atoms with E-state index >= 15 is 0 Å². The first kappa shape index (κ1) is 24.8. The summed E-state index contributed by atoms with van der Waals surface area (Å²) in [5.41, 5.74) is -0.0598. The third-order valence-corrected chi connectivity index (χ3v) is 4.07. The van der Waals surface area contributed by atoms with Gasteiger partial charge in [-0.2, -0.15) is 13.2 Å². The van der Waals surface area contributed by atoms with Gasteiger partial charge in [-0.15, -0.1) is 24.8 Å². The summed E-state index contributed by atoms with van der Waals surface area (Å²) in [6, 6.07) is 2.79. The van der Waals surface area contributed by atoms with Crippen molar-refractivity contribution in [2.24, 2.45) is 5.92 Å².